The van der Waals surface area contributed by atoms with Gasteiger partial charge in [0.05, 0.1) is 29.7 Å². The molecular weight excluding hydrogens is 440 g/mol. The maximum atomic E-state index is 12.8. The van der Waals surface area contributed by atoms with Gasteiger partial charge in [-0.1, -0.05) is 20.3 Å². The van der Waals surface area contributed by atoms with E-state index in [1.54, 1.807) is 7.05 Å². The number of nitrogens with zero attached hydrogens (tertiary/aromatic N) is 4. The highest BCUT2D eigenvalue weighted by Gasteiger charge is 2.20. The normalized spacial score (nSPS) is 11.6. The lowest BCUT2D eigenvalue weighted by Crippen LogP contribution is -2.22. The average Bonchev–Trinajstić information content (AvgIpc) is 3.01. The van der Waals surface area contributed by atoms with Gasteiger partial charge in [0.1, 0.15) is 11.3 Å². The molecule has 3 N–H and O–H groups in total. The summed E-state index contributed by atoms with van der Waals surface area (Å²) in [6.07, 6.45) is 3.33. The lowest BCUT2D eigenvalue weighted by Gasteiger charge is -2.12. The number of carboxylic acid groups (broad SMARTS) is 1. The molecule has 0 bridgehead atoms. The number of hydrogen-bond acceptors (Lipinski definition) is 8. The number of rotatable bonds is 10. The molecule has 172 valence electrons. The predicted molar refractivity (Wildman–Crippen MR) is 117 cm³/mol. The lowest BCUT2D eigenvalue weighted by molar-refractivity contribution is -0.134. The molecule has 13 heteroatoms. The molecule has 0 spiro atoms. The van der Waals surface area contributed by atoms with Crippen molar-refractivity contribution in [3.8, 4) is 17.3 Å². The van der Waals surface area contributed by atoms with Crippen LogP contribution in [-0.2, 0) is 28.3 Å². The van der Waals surface area contributed by atoms with E-state index >= 15 is 0 Å². The van der Waals surface area contributed by atoms with Crippen molar-refractivity contribution in [3.05, 3.63) is 28.3 Å². The van der Waals surface area contributed by atoms with E-state index in [-0.39, 0.29) is 23.0 Å². The molecule has 0 aliphatic rings. The summed E-state index contributed by atoms with van der Waals surface area (Å²) in [5.41, 5.74) is 1.26. The molecule has 3 heterocycles. The zero-order valence-electron chi connectivity index (χ0n) is 17.9. The van der Waals surface area contributed by atoms with Gasteiger partial charge in [0, 0.05) is 7.05 Å². The Bertz CT molecular complexity index is 1310. The van der Waals surface area contributed by atoms with Gasteiger partial charge in [0.15, 0.2) is 11.3 Å². The second kappa shape index (κ2) is 9.34. The molecule has 0 unspecified atom stereocenters. The Morgan fingerprint density at radius 3 is 2.72 bits per heavy atom. The van der Waals surface area contributed by atoms with Crippen molar-refractivity contribution in [2.45, 2.75) is 33.1 Å². The third-order valence-electron chi connectivity index (χ3n) is 4.39. The summed E-state index contributed by atoms with van der Waals surface area (Å²) in [6.45, 7) is 4.24. The van der Waals surface area contributed by atoms with E-state index in [1.807, 2.05) is 13.8 Å². The number of nitrogens with one attached hydrogen (secondary N) is 2. The quantitative estimate of drug-likeness (QED) is 0.400. The summed E-state index contributed by atoms with van der Waals surface area (Å²) in [4.78, 5) is 35.0. The number of ether oxygens (including phenoxy) is 1. The van der Waals surface area contributed by atoms with E-state index in [2.05, 4.69) is 24.8 Å². The number of aryl methyl sites for hydroxylation is 2. The first-order valence-electron chi connectivity index (χ1n) is 9.96. The fraction of sp³-hybridized carbons (Fsp3) is 0.421. The van der Waals surface area contributed by atoms with Gasteiger partial charge >= 0.3 is 5.97 Å². The highest BCUT2D eigenvalue weighted by Crippen LogP contribution is 2.29. The van der Waals surface area contributed by atoms with Crippen LogP contribution < -0.4 is 15.0 Å². The number of aromatic nitrogens is 5. The molecule has 0 atom stereocenters. The predicted octanol–water partition coefficient (Wildman–Crippen LogP) is 1.29. The summed E-state index contributed by atoms with van der Waals surface area (Å²) in [7, 11) is -2.49. The molecule has 0 aromatic carbocycles. The topological polar surface area (TPSA) is 169 Å². The minimum atomic E-state index is -4.15. The SMILES string of the molecule is CCCOc1ncc(NS(=O)(=O)CC(=O)O)cc1-c1nc2c(CCC)nn(C)c2c(=O)[nH]1. The third kappa shape index (κ3) is 5.04. The number of pyridine rings is 1. The molecule has 0 aliphatic carbocycles. The zero-order chi connectivity index (χ0) is 23.5. The van der Waals surface area contributed by atoms with E-state index in [9.17, 15) is 18.0 Å². The zero-order valence-corrected chi connectivity index (χ0v) is 18.7. The van der Waals surface area contributed by atoms with Crippen molar-refractivity contribution in [2.75, 3.05) is 17.1 Å². The minimum absolute atomic E-state index is 0.00723. The molecule has 0 aliphatic heterocycles. The molecule has 3 aromatic rings. The number of aromatic amines is 1. The Hall–Kier alpha value is -3.48. The molecule has 0 fully saturated rings. The van der Waals surface area contributed by atoms with Crippen LogP contribution in [0.4, 0.5) is 5.69 Å². The Kier molecular flexibility index (Phi) is 6.77. The number of aliphatic carboxylic acids is 1. The van der Waals surface area contributed by atoms with Crippen molar-refractivity contribution in [1.29, 1.82) is 0 Å². The smallest absolute Gasteiger partial charge is 0.320 e. The van der Waals surface area contributed by atoms with Crippen LogP contribution in [0.5, 0.6) is 5.88 Å². The van der Waals surface area contributed by atoms with Crippen molar-refractivity contribution in [1.82, 2.24) is 24.7 Å². The van der Waals surface area contributed by atoms with Gasteiger partial charge in [-0.05, 0) is 18.9 Å². The van der Waals surface area contributed by atoms with Crippen LogP contribution in [0.15, 0.2) is 17.1 Å². The van der Waals surface area contributed by atoms with Crippen LogP contribution in [-0.4, -0.2) is 56.6 Å². The van der Waals surface area contributed by atoms with E-state index in [0.717, 1.165) is 6.42 Å². The van der Waals surface area contributed by atoms with E-state index in [0.29, 0.717) is 36.2 Å². The van der Waals surface area contributed by atoms with Gasteiger partial charge in [-0.2, -0.15) is 5.10 Å². The number of sulfonamides is 1. The Morgan fingerprint density at radius 1 is 1.31 bits per heavy atom. The van der Waals surface area contributed by atoms with Gasteiger partial charge in [-0.25, -0.2) is 18.4 Å². The Morgan fingerprint density at radius 2 is 2.06 bits per heavy atom. The van der Waals surface area contributed by atoms with Crippen LogP contribution in [0.3, 0.4) is 0 Å². The van der Waals surface area contributed by atoms with Crippen molar-refractivity contribution in [3.63, 3.8) is 0 Å². The van der Waals surface area contributed by atoms with Gasteiger partial charge in [-0.3, -0.25) is 19.0 Å². The molecule has 0 radical (unpaired) electrons. The molecule has 0 saturated carbocycles. The van der Waals surface area contributed by atoms with Gasteiger partial charge in [0.2, 0.25) is 15.9 Å². The summed E-state index contributed by atoms with van der Waals surface area (Å²) in [5, 5.41) is 13.2. The van der Waals surface area contributed by atoms with Crippen LogP contribution in [0.25, 0.3) is 22.4 Å². The summed E-state index contributed by atoms with van der Waals surface area (Å²) >= 11 is 0. The fourth-order valence-corrected chi connectivity index (χ4v) is 4.02. The molecule has 3 rings (SSSR count). The largest absolute Gasteiger partial charge is 0.480 e. The van der Waals surface area contributed by atoms with E-state index in [4.69, 9.17) is 9.84 Å². The van der Waals surface area contributed by atoms with Crippen molar-refractivity contribution in [2.24, 2.45) is 7.05 Å². The summed E-state index contributed by atoms with van der Waals surface area (Å²) in [6, 6.07) is 1.39. The van der Waals surface area contributed by atoms with Crippen LogP contribution in [0.1, 0.15) is 32.4 Å². The number of H-pyrrole nitrogens is 1. The first-order valence-corrected chi connectivity index (χ1v) is 11.6. The molecule has 0 saturated heterocycles. The van der Waals surface area contributed by atoms with Crippen molar-refractivity contribution < 1.29 is 23.1 Å². The van der Waals surface area contributed by atoms with Crippen LogP contribution in [0.2, 0.25) is 0 Å². The average molecular weight is 465 g/mol. The van der Waals surface area contributed by atoms with Crippen LogP contribution in [0, 0.1) is 0 Å². The number of carboxylic acids is 1. The fourth-order valence-electron chi connectivity index (χ4n) is 3.15. The van der Waals surface area contributed by atoms with E-state index < -0.39 is 27.3 Å². The number of carbonyl (C=O) groups is 1. The second-order valence-corrected chi connectivity index (χ2v) is 8.83. The summed E-state index contributed by atoms with van der Waals surface area (Å²) in [5.74, 6) is -2.32. The second-order valence-electron chi connectivity index (χ2n) is 7.11. The molecule has 32 heavy (non-hydrogen) atoms. The van der Waals surface area contributed by atoms with E-state index in [1.165, 1.54) is 16.9 Å². The molecular formula is C19H24N6O6S. The maximum Gasteiger partial charge on any atom is 0.320 e. The monoisotopic (exact) mass is 464 g/mol. The first-order chi connectivity index (χ1) is 15.1. The molecule has 0 amide bonds. The number of hydrogen-bond donors (Lipinski definition) is 3. The molecule has 3 aromatic heterocycles. The summed E-state index contributed by atoms with van der Waals surface area (Å²) < 4.78 is 33.4. The van der Waals surface area contributed by atoms with Gasteiger partial charge in [-0.15, -0.1) is 0 Å². The standard InChI is InChI=1S/C19H24N6O6S/c1-4-6-13-15-16(25(3)23-13)18(28)22-17(21-15)12-8-11(9-20-19(12)31-7-5-2)24-32(29,30)10-14(26)27/h8-9,24H,4-7,10H2,1-3H3,(H,26,27)(H,21,22,28). The minimum Gasteiger partial charge on any atom is -0.480 e. The third-order valence-corrected chi connectivity index (χ3v) is 5.56. The Labute approximate surface area is 183 Å². The Balaban J connectivity index is 2.15. The van der Waals surface area contributed by atoms with Crippen LogP contribution >= 0.6 is 0 Å². The van der Waals surface area contributed by atoms with Crippen molar-refractivity contribution >= 4 is 32.7 Å². The number of fused-ring (bicyclic) bond motifs is 1. The lowest BCUT2D eigenvalue weighted by atomic mass is 10.2. The first kappa shape index (κ1) is 23.2. The number of anilines is 1. The maximum absolute atomic E-state index is 12.8. The van der Waals surface area contributed by atoms with Gasteiger partial charge in [0.25, 0.3) is 5.56 Å². The van der Waals surface area contributed by atoms with Gasteiger partial charge < -0.3 is 14.8 Å². The molecule has 12 nitrogen and oxygen atoms in total. The highest BCUT2D eigenvalue weighted by atomic mass is 32.2. The highest BCUT2D eigenvalue weighted by molar-refractivity contribution is 7.93.